The van der Waals surface area contributed by atoms with Crippen LogP contribution < -0.4 is 5.76 Å². The number of nitrogens with zero attached hydrogens (tertiary/aromatic N) is 1. The molecule has 0 saturated heterocycles. The first-order valence-electron chi connectivity index (χ1n) is 4.02. The van der Waals surface area contributed by atoms with Crippen LogP contribution in [0.15, 0.2) is 27.4 Å². The molecule has 0 radical (unpaired) electrons. The summed E-state index contributed by atoms with van der Waals surface area (Å²) in [5.74, 6) is -0.356. The van der Waals surface area contributed by atoms with Crippen molar-refractivity contribution in [1.82, 2.24) is 4.57 Å². The van der Waals surface area contributed by atoms with Crippen LogP contribution >= 0.6 is 11.6 Å². The fourth-order valence-electron chi connectivity index (χ4n) is 1.37. The van der Waals surface area contributed by atoms with E-state index in [0.717, 1.165) is 0 Å². The lowest BCUT2D eigenvalue weighted by Gasteiger charge is -1.96. The lowest BCUT2D eigenvalue weighted by Crippen LogP contribution is -2.12. The summed E-state index contributed by atoms with van der Waals surface area (Å²) >= 11 is 5.93. The van der Waals surface area contributed by atoms with Crippen LogP contribution in [-0.2, 0) is 6.54 Å². The van der Waals surface area contributed by atoms with Crippen molar-refractivity contribution in [1.29, 1.82) is 0 Å². The molecule has 3 nitrogen and oxygen atoms in total. The van der Waals surface area contributed by atoms with Gasteiger partial charge in [-0.15, -0.1) is 0 Å². The molecule has 1 aromatic heterocycles. The van der Waals surface area contributed by atoms with E-state index in [9.17, 15) is 4.79 Å². The smallest absolute Gasteiger partial charge is 0.408 e. The summed E-state index contributed by atoms with van der Waals surface area (Å²) in [6.45, 7) is 2.44. The summed E-state index contributed by atoms with van der Waals surface area (Å²) in [5.41, 5.74) is 1.22. The van der Waals surface area contributed by atoms with E-state index < -0.39 is 0 Å². The van der Waals surface area contributed by atoms with Crippen molar-refractivity contribution in [2.75, 3.05) is 0 Å². The van der Waals surface area contributed by atoms with E-state index in [1.807, 2.05) is 6.92 Å². The van der Waals surface area contributed by atoms with Gasteiger partial charge in [0.15, 0.2) is 5.58 Å². The number of hydrogen-bond acceptors (Lipinski definition) is 2. The van der Waals surface area contributed by atoms with E-state index in [-0.39, 0.29) is 5.76 Å². The Hall–Kier alpha value is -1.22. The normalized spacial score (nSPS) is 10.9. The number of oxazole rings is 1. The molecule has 0 aliphatic carbocycles. The van der Waals surface area contributed by atoms with Crippen molar-refractivity contribution in [2.24, 2.45) is 0 Å². The fraction of sp³-hybridized carbons (Fsp3) is 0.222. The number of benzene rings is 1. The largest absolute Gasteiger partial charge is 0.419 e. The summed E-state index contributed by atoms with van der Waals surface area (Å²) in [6.07, 6.45) is 0. The second kappa shape index (κ2) is 2.92. The molecule has 4 heteroatoms. The molecule has 0 N–H and O–H groups in total. The van der Waals surface area contributed by atoms with E-state index in [1.165, 1.54) is 4.57 Å². The third kappa shape index (κ3) is 1.16. The highest BCUT2D eigenvalue weighted by Crippen LogP contribution is 2.21. The first kappa shape index (κ1) is 8.38. The predicted molar refractivity (Wildman–Crippen MR) is 51.2 cm³/mol. The molecule has 0 spiro atoms. The number of aryl methyl sites for hydroxylation is 1. The first-order chi connectivity index (χ1) is 6.24. The molecular formula is C9H8ClNO2. The van der Waals surface area contributed by atoms with E-state index in [1.54, 1.807) is 18.2 Å². The van der Waals surface area contributed by atoms with Crippen LogP contribution in [-0.4, -0.2) is 4.57 Å². The van der Waals surface area contributed by atoms with Gasteiger partial charge in [0.05, 0.1) is 5.02 Å². The van der Waals surface area contributed by atoms with Gasteiger partial charge in [0.1, 0.15) is 5.52 Å². The third-order valence-corrected chi connectivity index (χ3v) is 2.26. The molecule has 2 aromatic rings. The Labute approximate surface area is 79.5 Å². The van der Waals surface area contributed by atoms with E-state index >= 15 is 0 Å². The summed E-state index contributed by atoms with van der Waals surface area (Å²) < 4.78 is 6.51. The second-order valence-corrected chi connectivity index (χ2v) is 3.11. The minimum absolute atomic E-state index is 0.356. The van der Waals surface area contributed by atoms with Gasteiger partial charge in [0.25, 0.3) is 0 Å². The molecule has 13 heavy (non-hydrogen) atoms. The van der Waals surface area contributed by atoms with Crippen LogP contribution in [0.25, 0.3) is 11.1 Å². The second-order valence-electron chi connectivity index (χ2n) is 2.70. The van der Waals surface area contributed by atoms with Gasteiger partial charge in [0, 0.05) is 6.54 Å². The molecule has 0 unspecified atom stereocenters. The average molecular weight is 198 g/mol. The van der Waals surface area contributed by atoms with Gasteiger partial charge in [-0.25, -0.2) is 4.79 Å². The number of aromatic nitrogens is 1. The lowest BCUT2D eigenvalue weighted by molar-refractivity contribution is 0.513. The van der Waals surface area contributed by atoms with Crippen molar-refractivity contribution < 1.29 is 4.42 Å². The van der Waals surface area contributed by atoms with E-state index in [4.69, 9.17) is 16.0 Å². The average Bonchev–Trinajstić information content (AvgIpc) is 2.42. The Morgan fingerprint density at radius 1 is 1.54 bits per heavy atom. The van der Waals surface area contributed by atoms with Crippen LogP contribution in [0.2, 0.25) is 5.02 Å². The fourth-order valence-corrected chi connectivity index (χ4v) is 1.64. The Bertz CT molecular complexity index is 498. The summed E-state index contributed by atoms with van der Waals surface area (Å²) in [7, 11) is 0. The molecular weight excluding hydrogens is 190 g/mol. The Kier molecular flexibility index (Phi) is 1.88. The monoisotopic (exact) mass is 197 g/mol. The number of halogens is 1. The maximum Gasteiger partial charge on any atom is 0.419 e. The first-order valence-corrected chi connectivity index (χ1v) is 4.39. The van der Waals surface area contributed by atoms with Crippen molar-refractivity contribution in [3.8, 4) is 0 Å². The Balaban J connectivity index is 2.96. The van der Waals surface area contributed by atoms with Crippen LogP contribution in [0, 0.1) is 0 Å². The summed E-state index contributed by atoms with van der Waals surface area (Å²) in [4.78, 5) is 11.3. The van der Waals surface area contributed by atoms with Crippen molar-refractivity contribution in [3.05, 3.63) is 33.8 Å². The summed E-state index contributed by atoms with van der Waals surface area (Å²) in [6, 6.07) is 5.23. The van der Waals surface area contributed by atoms with Crippen LogP contribution in [0.3, 0.4) is 0 Å². The molecule has 68 valence electrons. The van der Waals surface area contributed by atoms with Crippen molar-refractivity contribution in [3.63, 3.8) is 0 Å². The van der Waals surface area contributed by atoms with Crippen molar-refractivity contribution >= 4 is 22.7 Å². The minimum Gasteiger partial charge on any atom is -0.408 e. The zero-order chi connectivity index (χ0) is 9.42. The molecule has 0 atom stereocenters. The van der Waals surface area contributed by atoms with E-state index in [0.29, 0.717) is 22.7 Å². The highest BCUT2D eigenvalue weighted by atomic mass is 35.5. The number of rotatable bonds is 1. The highest BCUT2D eigenvalue weighted by molar-refractivity contribution is 6.34. The zero-order valence-electron chi connectivity index (χ0n) is 7.08. The molecule has 2 rings (SSSR count). The molecule has 0 saturated carbocycles. The predicted octanol–water partition coefficient (Wildman–Crippen LogP) is 2.27. The van der Waals surface area contributed by atoms with Gasteiger partial charge in [-0.2, -0.15) is 0 Å². The molecule has 0 bridgehead atoms. The third-order valence-electron chi connectivity index (χ3n) is 1.95. The number of para-hydroxylation sites is 1. The summed E-state index contributed by atoms with van der Waals surface area (Å²) in [5, 5.41) is 0.546. The van der Waals surface area contributed by atoms with Gasteiger partial charge < -0.3 is 4.42 Å². The van der Waals surface area contributed by atoms with Gasteiger partial charge in [0.2, 0.25) is 0 Å². The Morgan fingerprint density at radius 2 is 2.31 bits per heavy atom. The quantitative estimate of drug-likeness (QED) is 0.703. The Morgan fingerprint density at radius 3 is 3.00 bits per heavy atom. The minimum atomic E-state index is -0.356. The molecule has 1 aromatic carbocycles. The van der Waals surface area contributed by atoms with Crippen LogP contribution in [0.1, 0.15) is 6.92 Å². The molecule has 0 fully saturated rings. The highest BCUT2D eigenvalue weighted by Gasteiger charge is 2.09. The van der Waals surface area contributed by atoms with Gasteiger partial charge in [-0.3, -0.25) is 4.57 Å². The topological polar surface area (TPSA) is 35.1 Å². The zero-order valence-corrected chi connectivity index (χ0v) is 7.84. The molecule has 0 aliphatic rings. The maximum absolute atomic E-state index is 11.3. The molecule has 1 heterocycles. The van der Waals surface area contributed by atoms with Gasteiger partial charge >= 0.3 is 5.76 Å². The maximum atomic E-state index is 11.3. The van der Waals surface area contributed by atoms with Crippen LogP contribution in [0.5, 0.6) is 0 Å². The lowest BCUT2D eigenvalue weighted by atomic mass is 10.3. The van der Waals surface area contributed by atoms with Crippen LogP contribution in [0.4, 0.5) is 0 Å². The van der Waals surface area contributed by atoms with Gasteiger partial charge in [-0.1, -0.05) is 17.7 Å². The standard InChI is InChI=1S/C9H8ClNO2/c1-2-11-8-6(10)4-3-5-7(8)13-9(11)12/h3-5H,2H2,1H3. The number of fused-ring (bicyclic) bond motifs is 1. The van der Waals surface area contributed by atoms with Gasteiger partial charge in [-0.05, 0) is 19.1 Å². The number of hydrogen-bond donors (Lipinski definition) is 0. The SMILES string of the molecule is CCn1c(=O)oc2cccc(Cl)c21. The molecule has 0 amide bonds. The van der Waals surface area contributed by atoms with Crippen molar-refractivity contribution in [2.45, 2.75) is 13.5 Å². The van der Waals surface area contributed by atoms with E-state index in [2.05, 4.69) is 0 Å². The molecule has 0 aliphatic heterocycles.